The number of ether oxygens (including phenoxy) is 1. The summed E-state index contributed by atoms with van der Waals surface area (Å²) >= 11 is 0. The molecule has 0 aliphatic carbocycles. The number of hydrogen-bond donors (Lipinski definition) is 1. The maximum absolute atomic E-state index is 12.3. The van der Waals surface area contributed by atoms with Crippen LogP contribution in [0.5, 0.6) is 0 Å². The van der Waals surface area contributed by atoms with E-state index in [0.717, 1.165) is 32.5 Å². The van der Waals surface area contributed by atoms with Crippen LogP contribution in [0.2, 0.25) is 0 Å². The van der Waals surface area contributed by atoms with Gasteiger partial charge in [-0.3, -0.25) is 4.79 Å². The van der Waals surface area contributed by atoms with Gasteiger partial charge in [0.2, 0.25) is 5.91 Å². The highest BCUT2D eigenvalue weighted by atomic mass is 16.5. The molecular formula is C13H26N2O2. The van der Waals surface area contributed by atoms with Gasteiger partial charge in [-0.2, -0.15) is 0 Å². The van der Waals surface area contributed by atoms with Crippen molar-refractivity contribution in [3.8, 4) is 0 Å². The molecule has 1 aliphatic rings. The molecule has 0 saturated carbocycles. The molecular weight excluding hydrogens is 216 g/mol. The molecule has 0 aromatic rings. The third-order valence-corrected chi connectivity index (χ3v) is 3.82. The average molecular weight is 242 g/mol. The Kier molecular flexibility index (Phi) is 5.40. The lowest BCUT2D eigenvalue weighted by molar-refractivity contribution is -0.139. The third kappa shape index (κ3) is 3.42. The van der Waals surface area contributed by atoms with E-state index in [2.05, 4.69) is 0 Å². The lowest BCUT2D eigenvalue weighted by atomic mass is 9.91. The fraction of sp³-hybridized carbons (Fsp3) is 0.923. The lowest BCUT2D eigenvalue weighted by Crippen LogP contribution is -2.56. The van der Waals surface area contributed by atoms with E-state index in [0.29, 0.717) is 18.9 Å². The Morgan fingerprint density at radius 1 is 1.29 bits per heavy atom. The summed E-state index contributed by atoms with van der Waals surface area (Å²) in [5, 5.41) is 0. The summed E-state index contributed by atoms with van der Waals surface area (Å²) in [6.45, 7) is 8.29. The zero-order chi connectivity index (χ0) is 12.9. The number of nitrogens with zero attached hydrogens (tertiary/aromatic N) is 1. The summed E-state index contributed by atoms with van der Waals surface area (Å²) < 4.78 is 5.58. The van der Waals surface area contributed by atoms with E-state index in [9.17, 15) is 4.79 Å². The number of likely N-dealkylation sites (tertiary alicyclic amines) is 1. The minimum Gasteiger partial charge on any atom is -0.378 e. The molecule has 0 atom stereocenters. The fourth-order valence-electron chi connectivity index (χ4n) is 2.33. The van der Waals surface area contributed by atoms with E-state index in [-0.39, 0.29) is 5.91 Å². The molecule has 4 nitrogen and oxygen atoms in total. The van der Waals surface area contributed by atoms with E-state index in [1.54, 1.807) is 0 Å². The van der Waals surface area contributed by atoms with E-state index >= 15 is 0 Å². The second-order valence-electron chi connectivity index (χ2n) is 4.81. The van der Waals surface area contributed by atoms with Gasteiger partial charge in [0, 0.05) is 19.7 Å². The van der Waals surface area contributed by atoms with E-state index in [1.165, 1.54) is 0 Å². The van der Waals surface area contributed by atoms with Crippen LogP contribution in [0, 0.1) is 0 Å². The average Bonchev–Trinajstić information content (AvgIpc) is 2.38. The van der Waals surface area contributed by atoms with E-state index in [1.807, 2.05) is 25.7 Å². The topological polar surface area (TPSA) is 55.6 Å². The van der Waals surface area contributed by atoms with Crippen molar-refractivity contribution in [1.29, 1.82) is 0 Å². The molecule has 0 spiro atoms. The van der Waals surface area contributed by atoms with Crippen LogP contribution >= 0.6 is 0 Å². The number of amides is 1. The van der Waals surface area contributed by atoms with Crippen LogP contribution in [-0.4, -0.2) is 42.1 Å². The molecule has 0 unspecified atom stereocenters. The molecule has 0 radical (unpaired) electrons. The van der Waals surface area contributed by atoms with Crippen molar-refractivity contribution in [3.05, 3.63) is 0 Å². The second-order valence-corrected chi connectivity index (χ2v) is 4.81. The predicted molar refractivity (Wildman–Crippen MR) is 68.7 cm³/mol. The first-order chi connectivity index (χ1) is 8.07. The molecule has 1 amide bonds. The van der Waals surface area contributed by atoms with Gasteiger partial charge < -0.3 is 15.4 Å². The van der Waals surface area contributed by atoms with Crippen LogP contribution in [0.1, 0.15) is 46.5 Å². The maximum Gasteiger partial charge on any atom is 0.242 e. The number of carbonyl (C=O) groups is 1. The first kappa shape index (κ1) is 14.5. The maximum atomic E-state index is 12.3. The normalized spacial score (nSPS) is 18.5. The van der Waals surface area contributed by atoms with Crippen LogP contribution in [-0.2, 0) is 9.53 Å². The number of piperidine rings is 1. The van der Waals surface area contributed by atoms with Gasteiger partial charge >= 0.3 is 0 Å². The Balaban J connectivity index is 2.51. The van der Waals surface area contributed by atoms with Crippen molar-refractivity contribution >= 4 is 5.91 Å². The molecule has 1 rings (SSSR count). The van der Waals surface area contributed by atoms with E-state index < -0.39 is 5.54 Å². The Morgan fingerprint density at radius 2 is 1.82 bits per heavy atom. The molecule has 17 heavy (non-hydrogen) atoms. The third-order valence-electron chi connectivity index (χ3n) is 3.82. The summed E-state index contributed by atoms with van der Waals surface area (Å²) in [4.78, 5) is 14.2. The van der Waals surface area contributed by atoms with Gasteiger partial charge in [0.05, 0.1) is 11.6 Å². The van der Waals surface area contributed by atoms with Crippen molar-refractivity contribution in [3.63, 3.8) is 0 Å². The Bertz CT molecular complexity index is 244. The van der Waals surface area contributed by atoms with Crippen LogP contribution in [0.3, 0.4) is 0 Å². The zero-order valence-electron chi connectivity index (χ0n) is 11.4. The summed E-state index contributed by atoms with van der Waals surface area (Å²) in [5.41, 5.74) is 5.47. The molecule has 0 aromatic heterocycles. The van der Waals surface area contributed by atoms with Crippen LogP contribution in [0.25, 0.3) is 0 Å². The van der Waals surface area contributed by atoms with Gasteiger partial charge in [-0.25, -0.2) is 0 Å². The van der Waals surface area contributed by atoms with Crippen molar-refractivity contribution in [2.24, 2.45) is 5.73 Å². The van der Waals surface area contributed by atoms with Crippen molar-refractivity contribution < 1.29 is 9.53 Å². The van der Waals surface area contributed by atoms with Gasteiger partial charge in [0.1, 0.15) is 0 Å². The minimum atomic E-state index is -0.668. The first-order valence-corrected chi connectivity index (χ1v) is 6.77. The molecule has 1 aliphatic heterocycles. The van der Waals surface area contributed by atoms with Crippen molar-refractivity contribution in [2.75, 3.05) is 19.7 Å². The molecule has 1 fully saturated rings. The highest BCUT2D eigenvalue weighted by Crippen LogP contribution is 2.20. The van der Waals surface area contributed by atoms with Crippen LogP contribution in [0.15, 0.2) is 0 Å². The summed E-state index contributed by atoms with van der Waals surface area (Å²) in [5.74, 6) is 0.109. The van der Waals surface area contributed by atoms with Gasteiger partial charge in [-0.1, -0.05) is 13.8 Å². The monoisotopic (exact) mass is 242 g/mol. The highest BCUT2D eigenvalue weighted by Gasteiger charge is 2.35. The summed E-state index contributed by atoms with van der Waals surface area (Å²) in [6, 6.07) is 0. The van der Waals surface area contributed by atoms with Crippen molar-refractivity contribution in [2.45, 2.75) is 58.1 Å². The number of rotatable bonds is 5. The number of hydrogen-bond acceptors (Lipinski definition) is 3. The number of carbonyl (C=O) groups excluding carboxylic acids is 1. The smallest absolute Gasteiger partial charge is 0.242 e. The van der Waals surface area contributed by atoms with Crippen molar-refractivity contribution in [1.82, 2.24) is 4.90 Å². The molecule has 0 bridgehead atoms. The first-order valence-electron chi connectivity index (χ1n) is 6.77. The molecule has 4 heteroatoms. The SMILES string of the molecule is CCOC1CCN(C(=O)C(N)(CC)CC)CC1. The molecule has 1 saturated heterocycles. The highest BCUT2D eigenvalue weighted by molar-refractivity contribution is 5.86. The zero-order valence-corrected chi connectivity index (χ0v) is 11.4. The van der Waals surface area contributed by atoms with Gasteiger partial charge in [-0.15, -0.1) is 0 Å². The standard InChI is InChI=1S/C13H26N2O2/c1-4-13(14,5-2)12(16)15-9-7-11(8-10-15)17-6-3/h11H,4-10,14H2,1-3H3. The van der Waals surface area contributed by atoms with Gasteiger partial charge in [-0.05, 0) is 32.6 Å². The molecule has 100 valence electrons. The summed E-state index contributed by atoms with van der Waals surface area (Å²) in [7, 11) is 0. The van der Waals surface area contributed by atoms with Gasteiger partial charge in [0.15, 0.2) is 0 Å². The Morgan fingerprint density at radius 3 is 2.24 bits per heavy atom. The fourth-order valence-corrected chi connectivity index (χ4v) is 2.33. The predicted octanol–water partition coefficient (Wildman–Crippen LogP) is 1.53. The lowest BCUT2D eigenvalue weighted by Gasteiger charge is -2.37. The molecule has 0 aromatic carbocycles. The Hall–Kier alpha value is -0.610. The van der Waals surface area contributed by atoms with Crippen LogP contribution in [0.4, 0.5) is 0 Å². The number of nitrogens with two attached hydrogens (primary N) is 1. The largest absolute Gasteiger partial charge is 0.378 e. The molecule has 2 N–H and O–H groups in total. The quantitative estimate of drug-likeness (QED) is 0.795. The van der Waals surface area contributed by atoms with E-state index in [4.69, 9.17) is 10.5 Å². The van der Waals surface area contributed by atoms with Gasteiger partial charge in [0.25, 0.3) is 0 Å². The Labute approximate surface area is 104 Å². The summed E-state index contributed by atoms with van der Waals surface area (Å²) in [6.07, 6.45) is 3.59. The minimum absolute atomic E-state index is 0.109. The van der Waals surface area contributed by atoms with Crippen LogP contribution < -0.4 is 5.73 Å². The molecule has 1 heterocycles. The second kappa shape index (κ2) is 6.36.